The summed E-state index contributed by atoms with van der Waals surface area (Å²) in [6.07, 6.45) is 1.10. The Balaban J connectivity index is 2.05. The van der Waals surface area contributed by atoms with E-state index in [4.69, 9.17) is 5.11 Å². The van der Waals surface area contributed by atoms with Gasteiger partial charge in [-0.3, -0.25) is 4.79 Å². The minimum atomic E-state index is -3.66. The first kappa shape index (κ1) is 16.4. The molecule has 0 amide bonds. The summed E-state index contributed by atoms with van der Waals surface area (Å²) in [5, 5.41) is 9.04. The zero-order valence-electron chi connectivity index (χ0n) is 12.1. The van der Waals surface area contributed by atoms with Gasteiger partial charge in [0.1, 0.15) is 0 Å². The van der Waals surface area contributed by atoms with Crippen LogP contribution in [0.4, 0.5) is 0 Å². The lowest BCUT2D eigenvalue weighted by Crippen LogP contribution is -2.47. The van der Waals surface area contributed by atoms with Crippen molar-refractivity contribution in [2.24, 2.45) is 5.92 Å². The summed E-state index contributed by atoms with van der Waals surface area (Å²) in [6, 6.07) is 3.54. The van der Waals surface area contributed by atoms with Crippen LogP contribution in [0.2, 0.25) is 0 Å². The first-order valence-corrected chi connectivity index (χ1v) is 9.12. The molecule has 0 radical (unpaired) electrons. The van der Waals surface area contributed by atoms with Crippen LogP contribution in [0.3, 0.4) is 0 Å². The SMILES string of the molecule is Cc1ccc(C(C)NS(=O)(=O)N2CCCC(C(=O)O)C2)s1. The average molecular weight is 332 g/mol. The molecule has 0 bridgehead atoms. The molecule has 2 atom stereocenters. The van der Waals surface area contributed by atoms with E-state index in [2.05, 4.69) is 4.72 Å². The summed E-state index contributed by atoms with van der Waals surface area (Å²) in [5.74, 6) is -1.55. The normalized spacial score (nSPS) is 22.1. The van der Waals surface area contributed by atoms with Crippen LogP contribution in [0.5, 0.6) is 0 Å². The molecule has 6 nitrogen and oxygen atoms in total. The highest BCUT2D eigenvalue weighted by atomic mass is 32.2. The maximum absolute atomic E-state index is 12.4. The van der Waals surface area contributed by atoms with Gasteiger partial charge < -0.3 is 5.11 Å². The molecule has 21 heavy (non-hydrogen) atoms. The van der Waals surface area contributed by atoms with Crippen LogP contribution in [0, 0.1) is 12.8 Å². The Labute approximate surface area is 129 Å². The Bertz CT molecular complexity index is 611. The van der Waals surface area contributed by atoms with Gasteiger partial charge in [-0.2, -0.15) is 17.4 Å². The van der Waals surface area contributed by atoms with Crippen molar-refractivity contribution in [2.75, 3.05) is 13.1 Å². The van der Waals surface area contributed by atoms with Crippen LogP contribution in [0.15, 0.2) is 12.1 Å². The number of rotatable bonds is 5. The highest BCUT2D eigenvalue weighted by molar-refractivity contribution is 7.87. The van der Waals surface area contributed by atoms with Crippen LogP contribution >= 0.6 is 11.3 Å². The molecular weight excluding hydrogens is 312 g/mol. The Morgan fingerprint density at radius 2 is 2.24 bits per heavy atom. The van der Waals surface area contributed by atoms with Gasteiger partial charge in [-0.05, 0) is 38.8 Å². The minimum Gasteiger partial charge on any atom is -0.481 e. The van der Waals surface area contributed by atoms with Crippen LogP contribution in [0.25, 0.3) is 0 Å². The lowest BCUT2D eigenvalue weighted by molar-refractivity contribution is -0.142. The molecule has 2 heterocycles. The van der Waals surface area contributed by atoms with Gasteiger partial charge in [0.05, 0.1) is 12.0 Å². The lowest BCUT2D eigenvalue weighted by atomic mass is 10.0. The Hall–Kier alpha value is -0.960. The molecular formula is C13H20N2O4S2. The fourth-order valence-corrected chi connectivity index (χ4v) is 4.83. The van der Waals surface area contributed by atoms with Crippen molar-refractivity contribution in [3.8, 4) is 0 Å². The smallest absolute Gasteiger partial charge is 0.307 e. The van der Waals surface area contributed by atoms with Crippen molar-refractivity contribution >= 4 is 27.5 Å². The van der Waals surface area contributed by atoms with E-state index in [1.165, 1.54) is 4.31 Å². The number of hydrogen-bond donors (Lipinski definition) is 2. The van der Waals surface area contributed by atoms with E-state index in [0.29, 0.717) is 19.4 Å². The fraction of sp³-hybridized carbons (Fsp3) is 0.615. The summed E-state index contributed by atoms with van der Waals surface area (Å²) in [6.45, 7) is 4.18. The zero-order chi connectivity index (χ0) is 15.6. The highest BCUT2D eigenvalue weighted by Gasteiger charge is 2.33. The first-order valence-electron chi connectivity index (χ1n) is 6.86. The van der Waals surface area contributed by atoms with E-state index in [9.17, 15) is 13.2 Å². The molecule has 118 valence electrons. The molecule has 2 rings (SSSR count). The molecule has 1 fully saturated rings. The number of aryl methyl sites for hydroxylation is 1. The Morgan fingerprint density at radius 1 is 1.52 bits per heavy atom. The summed E-state index contributed by atoms with van der Waals surface area (Å²) >= 11 is 1.55. The van der Waals surface area contributed by atoms with Gasteiger partial charge in [-0.1, -0.05) is 0 Å². The lowest BCUT2D eigenvalue weighted by Gasteiger charge is -2.30. The average Bonchev–Trinajstić information content (AvgIpc) is 2.85. The Morgan fingerprint density at radius 3 is 2.81 bits per heavy atom. The van der Waals surface area contributed by atoms with Gasteiger partial charge >= 0.3 is 5.97 Å². The molecule has 8 heteroatoms. The van der Waals surface area contributed by atoms with Gasteiger partial charge in [0, 0.05) is 22.8 Å². The second-order valence-corrected chi connectivity index (χ2v) is 8.35. The standard InChI is InChI=1S/C13H20N2O4S2/c1-9-5-6-12(20-9)10(2)14-21(18,19)15-7-3-4-11(8-15)13(16)17/h5-6,10-11,14H,3-4,7-8H2,1-2H3,(H,16,17). The maximum atomic E-state index is 12.4. The summed E-state index contributed by atoms with van der Waals surface area (Å²) < 4.78 is 28.6. The number of nitrogens with zero attached hydrogens (tertiary/aromatic N) is 1. The van der Waals surface area contributed by atoms with E-state index >= 15 is 0 Å². The van der Waals surface area contributed by atoms with Crippen molar-refractivity contribution in [3.63, 3.8) is 0 Å². The van der Waals surface area contributed by atoms with Crippen molar-refractivity contribution < 1.29 is 18.3 Å². The second kappa shape index (κ2) is 6.43. The minimum absolute atomic E-state index is 0.0425. The number of carboxylic acids is 1. The van der Waals surface area contributed by atoms with E-state index in [1.54, 1.807) is 18.3 Å². The molecule has 1 aromatic heterocycles. The van der Waals surface area contributed by atoms with E-state index in [1.807, 2.05) is 19.1 Å². The third-order valence-electron chi connectivity index (χ3n) is 3.59. The van der Waals surface area contributed by atoms with Crippen LogP contribution < -0.4 is 4.72 Å². The third kappa shape index (κ3) is 4.03. The number of piperidine rings is 1. The number of thiophene rings is 1. The van der Waals surface area contributed by atoms with Crippen molar-refractivity contribution in [3.05, 3.63) is 21.9 Å². The number of carboxylic acid groups (broad SMARTS) is 1. The van der Waals surface area contributed by atoms with E-state index < -0.39 is 22.1 Å². The number of nitrogens with one attached hydrogen (secondary N) is 1. The van der Waals surface area contributed by atoms with Gasteiger partial charge in [-0.15, -0.1) is 11.3 Å². The molecule has 0 saturated carbocycles. The van der Waals surface area contributed by atoms with Gasteiger partial charge in [0.25, 0.3) is 10.2 Å². The van der Waals surface area contributed by atoms with Crippen LogP contribution in [-0.4, -0.2) is 36.9 Å². The summed E-state index contributed by atoms with van der Waals surface area (Å²) in [4.78, 5) is 13.1. The van der Waals surface area contributed by atoms with E-state index in [-0.39, 0.29) is 12.6 Å². The summed E-state index contributed by atoms with van der Waals surface area (Å²) in [7, 11) is -3.66. The molecule has 0 aliphatic carbocycles. The first-order chi connectivity index (χ1) is 9.79. The molecule has 1 aromatic rings. The molecule has 1 aliphatic rings. The third-order valence-corrected chi connectivity index (χ3v) is 6.43. The van der Waals surface area contributed by atoms with Crippen LogP contribution in [-0.2, 0) is 15.0 Å². The monoisotopic (exact) mass is 332 g/mol. The van der Waals surface area contributed by atoms with Crippen molar-refractivity contribution in [1.29, 1.82) is 0 Å². The quantitative estimate of drug-likeness (QED) is 0.860. The topological polar surface area (TPSA) is 86.7 Å². The fourth-order valence-electron chi connectivity index (χ4n) is 2.40. The Kier molecular flexibility index (Phi) is 5.03. The highest BCUT2D eigenvalue weighted by Crippen LogP contribution is 2.25. The van der Waals surface area contributed by atoms with Crippen molar-refractivity contribution in [2.45, 2.75) is 32.7 Å². The number of aliphatic carboxylic acids is 1. The number of carbonyl (C=O) groups is 1. The maximum Gasteiger partial charge on any atom is 0.307 e. The van der Waals surface area contributed by atoms with Gasteiger partial charge in [0.15, 0.2) is 0 Å². The molecule has 2 unspecified atom stereocenters. The number of hydrogen-bond acceptors (Lipinski definition) is 4. The van der Waals surface area contributed by atoms with Crippen molar-refractivity contribution in [1.82, 2.24) is 9.03 Å². The predicted octanol–water partition coefficient (Wildman–Crippen LogP) is 1.75. The molecule has 1 aliphatic heterocycles. The van der Waals surface area contributed by atoms with E-state index in [0.717, 1.165) is 9.75 Å². The zero-order valence-corrected chi connectivity index (χ0v) is 13.7. The molecule has 1 saturated heterocycles. The molecule has 0 aromatic carbocycles. The predicted molar refractivity (Wildman–Crippen MR) is 81.5 cm³/mol. The van der Waals surface area contributed by atoms with Crippen LogP contribution in [0.1, 0.15) is 35.6 Å². The second-order valence-electron chi connectivity index (χ2n) is 5.33. The van der Waals surface area contributed by atoms with Gasteiger partial charge in [-0.25, -0.2) is 0 Å². The molecule has 2 N–H and O–H groups in total. The molecule has 0 spiro atoms. The summed E-state index contributed by atoms with van der Waals surface area (Å²) in [5.41, 5.74) is 0. The van der Waals surface area contributed by atoms with Gasteiger partial charge in [0.2, 0.25) is 0 Å². The largest absolute Gasteiger partial charge is 0.481 e.